The molecule has 1 fully saturated rings. The van der Waals surface area contributed by atoms with Crippen molar-refractivity contribution in [2.75, 3.05) is 39.5 Å². The molecule has 1 atom stereocenters. The van der Waals surface area contributed by atoms with Crippen molar-refractivity contribution in [1.82, 2.24) is 10.6 Å². The van der Waals surface area contributed by atoms with Crippen molar-refractivity contribution in [3.8, 4) is 5.75 Å². The molecular weight excluding hydrogens is 330 g/mol. The van der Waals surface area contributed by atoms with Crippen molar-refractivity contribution < 1.29 is 14.6 Å². The number of fused-ring (bicyclic) bond motifs is 1. The van der Waals surface area contributed by atoms with Crippen molar-refractivity contribution in [3.63, 3.8) is 0 Å². The SMILES string of the molecule is CCNC(=NCC(O)COCC1CC1)NCCc1ccc2c(c1)CCO2. The van der Waals surface area contributed by atoms with Gasteiger partial charge in [-0.05, 0) is 49.3 Å². The van der Waals surface area contributed by atoms with E-state index in [2.05, 4.69) is 33.8 Å². The molecule has 1 aromatic carbocycles. The highest BCUT2D eigenvalue weighted by atomic mass is 16.5. The monoisotopic (exact) mass is 361 g/mol. The Morgan fingerprint density at radius 1 is 1.38 bits per heavy atom. The summed E-state index contributed by atoms with van der Waals surface area (Å²) in [7, 11) is 0. The van der Waals surface area contributed by atoms with Gasteiger partial charge in [0.25, 0.3) is 0 Å². The fourth-order valence-electron chi connectivity index (χ4n) is 2.97. The number of benzene rings is 1. The van der Waals surface area contributed by atoms with E-state index in [1.54, 1.807) is 0 Å². The van der Waals surface area contributed by atoms with Gasteiger partial charge in [0.05, 0.1) is 25.9 Å². The number of ether oxygens (including phenoxy) is 2. The Labute approximate surface area is 156 Å². The van der Waals surface area contributed by atoms with Crippen LogP contribution in [-0.2, 0) is 17.6 Å². The second-order valence-corrected chi connectivity index (χ2v) is 7.07. The average molecular weight is 361 g/mol. The molecule has 0 amide bonds. The molecule has 0 bridgehead atoms. The van der Waals surface area contributed by atoms with Crippen LogP contribution in [-0.4, -0.2) is 56.6 Å². The average Bonchev–Trinajstić information content (AvgIpc) is 3.34. The highest BCUT2D eigenvalue weighted by molar-refractivity contribution is 5.79. The zero-order chi connectivity index (χ0) is 18.2. The fourth-order valence-corrected chi connectivity index (χ4v) is 2.97. The van der Waals surface area contributed by atoms with Crippen LogP contribution >= 0.6 is 0 Å². The summed E-state index contributed by atoms with van der Waals surface area (Å²) in [6, 6.07) is 6.42. The van der Waals surface area contributed by atoms with Gasteiger partial charge in [-0.1, -0.05) is 12.1 Å². The highest BCUT2D eigenvalue weighted by Gasteiger charge is 2.21. The van der Waals surface area contributed by atoms with Gasteiger partial charge in [-0.15, -0.1) is 0 Å². The first kappa shape index (κ1) is 19.0. The summed E-state index contributed by atoms with van der Waals surface area (Å²) in [4.78, 5) is 4.46. The summed E-state index contributed by atoms with van der Waals surface area (Å²) in [6.07, 6.45) is 3.90. The lowest BCUT2D eigenvalue weighted by Crippen LogP contribution is -2.39. The molecule has 1 aromatic rings. The Kier molecular flexibility index (Phi) is 7.14. The molecule has 2 aliphatic rings. The fraction of sp³-hybridized carbons (Fsp3) is 0.650. The van der Waals surface area contributed by atoms with Gasteiger partial charge in [0.2, 0.25) is 0 Å². The third-order valence-corrected chi connectivity index (χ3v) is 4.63. The second kappa shape index (κ2) is 9.78. The molecule has 144 valence electrons. The van der Waals surface area contributed by atoms with E-state index in [4.69, 9.17) is 9.47 Å². The third kappa shape index (κ3) is 6.18. The summed E-state index contributed by atoms with van der Waals surface area (Å²) >= 11 is 0. The van der Waals surface area contributed by atoms with E-state index >= 15 is 0 Å². The summed E-state index contributed by atoms with van der Waals surface area (Å²) in [6.45, 7) is 5.88. The predicted octanol–water partition coefficient (Wildman–Crippen LogP) is 1.51. The molecule has 26 heavy (non-hydrogen) atoms. The molecule has 6 heteroatoms. The zero-order valence-corrected chi connectivity index (χ0v) is 15.7. The minimum atomic E-state index is -0.555. The maximum atomic E-state index is 9.99. The maximum absolute atomic E-state index is 9.99. The number of nitrogens with zero attached hydrogens (tertiary/aromatic N) is 1. The van der Waals surface area contributed by atoms with E-state index < -0.39 is 6.10 Å². The number of aliphatic hydroxyl groups is 1. The molecule has 1 heterocycles. The van der Waals surface area contributed by atoms with Crippen molar-refractivity contribution in [2.24, 2.45) is 10.9 Å². The summed E-state index contributed by atoms with van der Waals surface area (Å²) in [5.74, 6) is 2.48. The Bertz CT molecular complexity index is 602. The lowest BCUT2D eigenvalue weighted by atomic mass is 10.1. The van der Waals surface area contributed by atoms with Crippen LogP contribution in [0.15, 0.2) is 23.2 Å². The van der Waals surface area contributed by atoms with Gasteiger partial charge in [-0.3, -0.25) is 4.99 Å². The maximum Gasteiger partial charge on any atom is 0.191 e. The number of aliphatic hydroxyl groups excluding tert-OH is 1. The highest BCUT2D eigenvalue weighted by Crippen LogP contribution is 2.28. The van der Waals surface area contributed by atoms with Crippen LogP contribution in [0, 0.1) is 5.92 Å². The summed E-state index contributed by atoms with van der Waals surface area (Å²) in [5, 5.41) is 16.5. The molecular formula is C20H31N3O3. The van der Waals surface area contributed by atoms with Crippen molar-refractivity contribution in [3.05, 3.63) is 29.3 Å². The molecule has 1 saturated carbocycles. The molecule has 1 aliphatic heterocycles. The van der Waals surface area contributed by atoms with Crippen LogP contribution < -0.4 is 15.4 Å². The third-order valence-electron chi connectivity index (χ3n) is 4.63. The largest absolute Gasteiger partial charge is 0.493 e. The van der Waals surface area contributed by atoms with Gasteiger partial charge in [-0.25, -0.2) is 0 Å². The Hall–Kier alpha value is -1.79. The molecule has 0 aromatic heterocycles. The van der Waals surface area contributed by atoms with Crippen LogP contribution in [0.1, 0.15) is 30.9 Å². The molecule has 0 saturated heterocycles. The molecule has 1 aliphatic carbocycles. The van der Waals surface area contributed by atoms with E-state index in [0.29, 0.717) is 13.2 Å². The van der Waals surface area contributed by atoms with E-state index in [0.717, 1.165) is 56.8 Å². The Morgan fingerprint density at radius 3 is 3.08 bits per heavy atom. The molecule has 3 N–H and O–H groups in total. The Morgan fingerprint density at radius 2 is 2.27 bits per heavy atom. The first-order valence-corrected chi connectivity index (χ1v) is 9.77. The smallest absolute Gasteiger partial charge is 0.191 e. The number of hydrogen-bond donors (Lipinski definition) is 3. The van der Waals surface area contributed by atoms with Gasteiger partial charge in [-0.2, -0.15) is 0 Å². The van der Waals surface area contributed by atoms with Crippen molar-refractivity contribution >= 4 is 5.96 Å². The van der Waals surface area contributed by atoms with Crippen molar-refractivity contribution in [2.45, 2.75) is 38.7 Å². The van der Waals surface area contributed by atoms with Gasteiger partial charge in [0, 0.05) is 26.1 Å². The number of hydrogen-bond acceptors (Lipinski definition) is 4. The summed E-state index contributed by atoms with van der Waals surface area (Å²) in [5.41, 5.74) is 2.60. The van der Waals surface area contributed by atoms with Gasteiger partial charge < -0.3 is 25.2 Å². The standard InChI is InChI=1S/C20H31N3O3/c1-2-21-20(23-12-18(24)14-25-13-16-3-4-16)22-9-7-15-5-6-19-17(11-15)8-10-26-19/h5-6,11,16,18,24H,2-4,7-10,12-14H2,1H3,(H2,21,22,23). The van der Waals surface area contributed by atoms with E-state index in [1.807, 2.05) is 6.92 Å². The Balaban J connectivity index is 1.39. The normalized spacial score (nSPS) is 17.5. The van der Waals surface area contributed by atoms with Crippen LogP contribution in [0.25, 0.3) is 0 Å². The van der Waals surface area contributed by atoms with Gasteiger partial charge >= 0.3 is 0 Å². The van der Waals surface area contributed by atoms with E-state index in [9.17, 15) is 5.11 Å². The number of rotatable bonds is 10. The number of aliphatic imine (C=N–C) groups is 1. The quantitative estimate of drug-likeness (QED) is 0.435. The van der Waals surface area contributed by atoms with Gasteiger partial charge in [0.15, 0.2) is 5.96 Å². The minimum Gasteiger partial charge on any atom is -0.493 e. The number of nitrogens with one attached hydrogen (secondary N) is 2. The molecule has 3 rings (SSSR count). The molecule has 0 spiro atoms. The topological polar surface area (TPSA) is 75.1 Å². The van der Waals surface area contributed by atoms with E-state index in [1.165, 1.54) is 24.0 Å². The number of guanidine groups is 1. The van der Waals surface area contributed by atoms with Crippen molar-refractivity contribution in [1.29, 1.82) is 0 Å². The molecule has 0 radical (unpaired) electrons. The first-order valence-electron chi connectivity index (χ1n) is 9.77. The summed E-state index contributed by atoms with van der Waals surface area (Å²) < 4.78 is 11.1. The second-order valence-electron chi connectivity index (χ2n) is 7.07. The lowest BCUT2D eigenvalue weighted by Gasteiger charge is -2.13. The van der Waals surface area contributed by atoms with Crippen LogP contribution in [0.3, 0.4) is 0 Å². The van der Waals surface area contributed by atoms with Crippen LogP contribution in [0.2, 0.25) is 0 Å². The molecule has 6 nitrogen and oxygen atoms in total. The zero-order valence-electron chi connectivity index (χ0n) is 15.7. The van der Waals surface area contributed by atoms with E-state index in [-0.39, 0.29) is 0 Å². The lowest BCUT2D eigenvalue weighted by molar-refractivity contribution is 0.0368. The van der Waals surface area contributed by atoms with Crippen LogP contribution in [0.4, 0.5) is 0 Å². The minimum absolute atomic E-state index is 0.343. The van der Waals surface area contributed by atoms with Crippen LogP contribution in [0.5, 0.6) is 5.75 Å². The van der Waals surface area contributed by atoms with Gasteiger partial charge in [0.1, 0.15) is 5.75 Å². The molecule has 1 unspecified atom stereocenters. The first-order chi connectivity index (χ1) is 12.7. The predicted molar refractivity (Wildman–Crippen MR) is 103 cm³/mol.